The summed E-state index contributed by atoms with van der Waals surface area (Å²) < 4.78 is 0. The summed E-state index contributed by atoms with van der Waals surface area (Å²) >= 11 is 0. The molecule has 4 N–H and O–H groups in total. The van der Waals surface area contributed by atoms with Gasteiger partial charge in [0, 0.05) is 6.54 Å². The number of aromatic nitrogens is 1. The van der Waals surface area contributed by atoms with Crippen molar-refractivity contribution in [3.63, 3.8) is 0 Å². The van der Waals surface area contributed by atoms with E-state index in [0.717, 1.165) is 6.42 Å². The second kappa shape index (κ2) is 6.18. The highest BCUT2D eigenvalue weighted by molar-refractivity contribution is 5.86. The Labute approximate surface area is 116 Å². The zero-order valence-electron chi connectivity index (χ0n) is 11.8. The fraction of sp³-hybridized carbons (Fsp3) is 0.500. The fourth-order valence-corrected chi connectivity index (χ4v) is 1.41. The van der Waals surface area contributed by atoms with E-state index in [1.807, 2.05) is 6.92 Å². The topological polar surface area (TPSA) is 123 Å². The highest BCUT2D eigenvalue weighted by atomic mass is 16.6. The largest absolute Gasteiger partial charge is 0.370 e. The van der Waals surface area contributed by atoms with Crippen LogP contribution in [0.15, 0.2) is 12.1 Å². The van der Waals surface area contributed by atoms with Crippen molar-refractivity contribution in [1.29, 1.82) is 0 Å². The van der Waals surface area contributed by atoms with Crippen molar-refractivity contribution in [2.24, 2.45) is 5.73 Å². The van der Waals surface area contributed by atoms with Crippen LogP contribution in [0.2, 0.25) is 0 Å². The van der Waals surface area contributed by atoms with E-state index in [4.69, 9.17) is 5.73 Å². The molecule has 1 aromatic heterocycles. The van der Waals surface area contributed by atoms with Crippen LogP contribution in [0.3, 0.4) is 0 Å². The molecule has 20 heavy (non-hydrogen) atoms. The monoisotopic (exact) mass is 281 g/mol. The molecule has 0 aliphatic rings. The third-order valence-corrected chi connectivity index (χ3v) is 2.63. The normalized spacial score (nSPS) is 10.9. The van der Waals surface area contributed by atoms with Crippen LogP contribution in [0.4, 0.5) is 17.3 Å². The van der Waals surface area contributed by atoms with Gasteiger partial charge in [-0.1, -0.05) is 6.92 Å². The van der Waals surface area contributed by atoms with E-state index in [9.17, 15) is 14.9 Å². The first kappa shape index (κ1) is 15.7. The van der Waals surface area contributed by atoms with Crippen LogP contribution in [0, 0.1) is 10.1 Å². The van der Waals surface area contributed by atoms with Crippen molar-refractivity contribution < 1.29 is 9.72 Å². The van der Waals surface area contributed by atoms with E-state index in [1.165, 1.54) is 12.1 Å². The first-order valence-corrected chi connectivity index (χ1v) is 6.24. The molecule has 0 bridgehead atoms. The van der Waals surface area contributed by atoms with Crippen molar-refractivity contribution in [2.75, 3.05) is 17.2 Å². The van der Waals surface area contributed by atoms with Crippen LogP contribution in [0.5, 0.6) is 0 Å². The van der Waals surface area contributed by atoms with Gasteiger partial charge in [0.1, 0.15) is 17.2 Å². The number of pyridine rings is 1. The Bertz CT molecular complexity index is 516. The molecule has 0 fully saturated rings. The summed E-state index contributed by atoms with van der Waals surface area (Å²) in [4.78, 5) is 25.9. The molecule has 1 aromatic rings. The number of nitrogens with two attached hydrogens (primary N) is 1. The van der Waals surface area contributed by atoms with Crippen LogP contribution < -0.4 is 16.4 Å². The lowest BCUT2D eigenvalue weighted by atomic mass is 10.1. The number of rotatable bonds is 7. The van der Waals surface area contributed by atoms with E-state index in [2.05, 4.69) is 15.6 Å². The lowest BCUT2D eigenvalue weighted by Gasteiger charge is -2.23. The van der Waals surface area contributed by atoms with Gasteiger partial charge in [-0.3, -0.25) is 14.9 Å². The molecule has 0 aliphatic heterocycles. The molecular weight excluding hydrogens is 262 g/mol. The number of hydrogen-bond donors (Lipinski definition) is 3. The molecule has 8 nitrogen and oxygen atoms in total. The van der Waals surface area contributed by atoms with Crippen LogP contribution in [0.1, 0.15) is 27.2 Å². The zero-order chi connectivity index (χ0) is 15.3. The molecule has 0 aromatic carbocycles. The van der Waals surface area contributed by atoms with Crippen LogP contribution in [-0.4, -0.2) is 27.9 Å². The molecule has 0 saturated heterocycles. The second-order valence-electron chi connectivity index (χ2n) is 4.89. The lowest BCUT2D eigenvalue weighted by Crippen LogP contribution is -2.45. The Morgan fingerprint density at radius 1 is 1.45 bits per heavy atom. The third kappa shape index (κ3) is 4.08. The van der Waals surface area contributed by atoms with Gasteiger partial charge < -0.3 is 16.4 Å². The van der Waals surface area contributed by atoms with Gasteiger partial charge in [-0.05, 0) is 20.3 Å². The number of hydrogen-bond acceptors (Lipinski definition) is 6. The van der Waals surface area contributed by atoms with Crippen LogP contribution >= 0.6 is 0 Å². The standard InChI is InChI=1S/C12H19N5O3/c1-4-5-14-9-6-8(17(19)20)7-10(15-9)16-12(2,3)11(13)18/h6-7H,4-5H2,1-3H3,(H2,13,18)(H2,14,15,16). The van der Waals surface area contributed by atoms with Crippen molar-refractivity contribution >= 4 is 23.2 Å². The minimum atomic E-state index is -1.05. The SMILES string of the molecule is CCCNc1cc([N+](=O)[O-])cc(NC(C)(C)C(N)=O)n1. The maximum atomic E-state index is 11.3. The number of amides is 1. The number of primary amides is 1. The van der Waals surface area contributed by atoms with Crippen molar-refractivity contribution in [2.45, 2.75) is 32.7 Å². The van der Waals surface area contributed by atoms with Gasteiger partial charge in [-0.15, -0.1) is 0 Å². The van der Waals surface area contributed by atoms with Gasteiger partial charge in [0.25, 0.3) is 5.69 Å². The van der Waals surface area contributed by atoms with E-state index in [-0.39, 0.29) is 11.5 Å². The molecule has 110 valence electrons. The van der Waals surface area contributed by atoms with Gasteiger partial charge in [0.2, 0.25) is 5.91 Å². The van der Waals surface area contributed by atoms with Crippen molar-refractivity contribution in [3.05, 3.63) is 22.2 Å². The number of nitrogens with one attached hydrogen (secondary N) is 2. The maximum Gasteiger partial charge on any atom is 0.276 e. The van der Waals surface area contributed by atoms with E-state index < -0.39 is 16.4 Å². The first-order chi connectivity index (χ1) is 9.26. The van der Waals surface area contributed by atoms with Crippen molar-refractivity contribution in [1.82, 2.24) is 4.98 Å². The number of nitrogens with zero attached hydrogens (tertiary/aromatic N) is 2. The summed E-state index contributed by atoms with van der Waals surface area (Å²) in [5.41, 5.74) is 4.09. The number of carbonyl (C=O) groups is 1. The molecule has 1 rings (SSSR count). The lowest BCUT2D eigenvalue weighted by molar-refractivity contribution is -0.384. The molecule has 0 radical (unpaired) electrons. The average Bonchev–Trinajstić information content (AvgIpc) is 2.35. The predicted molar refractivity (Wildman–Crippen MR) is 76.6 cm³/mol. The Morgan fingerprint density at radius 2 is 2.05 bits per heavy atom. The van der Waals surface area contributed by atoms with Crippen LogP contribution in [-0.2, 0) is 4.79 Å². The highest BCUT2D eigenvalue weighted by Crippen LogP contribution is 2.23. The molecule has 0 spiro atoms. The van der Waals surface area contributed by atoms with Gasteiger partial charge in [0.15, 0.2) is 0 Å². The predicted octanol–water partition coefficient (Wildman–Crippen LogP) is 1.49. The summed E-state index contributed by atoms with van der Waals surface area (Å²) in [6.45, 7) is 5.77. The summed E-state index contributed by atoms with van der Waals surface area (Å²) in [6, 6.07) is 2.61. The van der Waals surface area contributed by atoms with Crippen LogP contribution in [0.25, 0.3) is 0 Å². The van der Waals surface area contributed by atoms with Gasteiger partial charge >= 0.3 is 0 Å². The minimum Gasteiger partial charge on any atom is -0.370 e. The molecule has 0 saturated carbocycles. The van der Waals surface area contributed by atoms with E-state index in [0.29, 0.717) is 12.4 Å². The quantitative estimate of drug-likeness (QED) is 0.514. The van der Waals surface area contributed by atoms with E-state index in [1.54, 1.807) is 13.8 Å². The molecule has 1 heterocycles. The number of nitro groups is 1. The average molecular weight is 281 g/mol. The molecule has 0 atom stereocenters. The smallest absolute Gasteiger partial charge is 0.276 e. The number of anilines is 2. The molecular formula is C12H19N5O3. The Hall–Kier alpha value is -2.38. The van der Waals surface area contributed by atoms with Gasteiger partial charge in [-0.2, -0.15) is 0 Å². The molecule has 0 aliphatic carbocycles. The molecule has 8 heteroatoms. The zero-order valence-corrected chi connectivity index (χ0v) is 11.8. The Morgan fingerprint density at radius 3 is 2.55 bits per heavy atom. The Balaban J connectivity index is 3.08. The van der Waals surface area contributed by atoms with E-state index >= 15 is 0 Å². The summed E-state index contributed by atoms with van der Waals surface area (Å²) in [5, 5.41) is 16.7. The first-order valence-electron chi connectivity index (χ1n) is 6.24. The maximum absolute atomic E-state index is 11.3. The molecule has 1 amide bonds. The highest BCUT2D eigenvalue weighted by Gasteiger charge is 2.26. The van der Waals surface area contributed by atoms with Gasteiger partial charge in [-0.25, -0.2) is 4.98 Å². The third-order valence-electron chi connectivity index (χ3n) is 2.63. The summed E-state index contributed by atoms with van der Waals surface area (Å²) in [7, 11) is 0. The van der Waals surface area contributed by atoms with Gasteiger partial charge in [0.05, 0.1) is 17.1 Å². The molecule has 0 unspecified atom stereocenters. The van der Waals surface area contributed by atoms with Crippen molar-refractivity contribution in [3.8, 4) is 0 Å². The summed E-state index contributed by atoms with van der Waals surface area (Å²) in [6.07, 6.45) is 0.861. The Kier molecular flexibility index (Phi) is 4.84. The second-order valence-corrected chi connectivity index (χ2v) is 4.89. The summed E-state index contributed by atoms with van der Waals surface area (Å²) in [5.74, 6) is 0.0271. The fourth-order valence-electron chi connectivity index (χ4n) is 1.41. The number of carbonyl (C=O) groups excluding carboxylic acids is 1. The minimum absolute atomic E-state index is 0.110.